The number of hydrogen-bond acceptors (Lipinski definition) is 2. The number of carbonyl (C=O) groups is 1. The van der Waals surface area contributed by atoms with E-state index in [1.165, 1.54) is 4.90 Å². The Morgan fingerprint density at radius 2 is 2.17 bits per heavy atom. The van der Waals surface area contributed by atoms with E-state index >= 15 is 0 Å². The number of hydrogen-bond donors (Lipinski definition) is 2. The van der Waals surface area contributed by atoms with Crippen molar-refractivity contribution in [2.24, 2.45) is 0 Å². The van der Waals surface area contributed by atoms with Crippen LogP contribution in [-0.4, -0.2) is 35.7 Å². The molecule has 18 heavy (non-hydrogen) atoms. The first-order valence-corrected chi connectivity index (χ1v) is 6.64. The van der Waals surface area contributed by atoms with Gasteiger partial charge in [0, 0.05) is 18.1 Å². The largest absolute Gasteiger partial charge is 0.392 e. The number of likely N-dealkylation sites (N-methyl/N-ethyl adjacent to an activating group) is 1. The highest BCUT2D eigenvalue weighted by Gasteiger charge is 2.14. The normalized spacial score (nSPS) is 13.8. The van der Waals surface area contributed by atoms with E-state index in [1.54, 1.807) is 14.0 Å². The van der Waals surface area contributed by atoms with Crippen LogP contribution in [0.1, 0.15) is 25.5 Å². The molecule has 100 valence electrons. The minimum Gasteiger partial charge on any atom is -0.392 e. The van der Waals surface area contributed by atoms with Crippen LogP contribution >= 0.6 is 15.9 Å². The van der Waals surface area contributed by atoms with E-state index in [-0.39, 0.29) is 12.1 Å². The summed E-state index contributed by atoms with van der Waals surface area (Å²) in [5.74, 6) is 0. The van der Waals surface area contributed by atoms with E-state index < -0.39 is 6.10 Å². The quantitative estimate of drug-likeness (QED) is 0.897. The van der Waals surface area contributed by atoms with Gasteiger partial charge in [0.05, 0.1) is 12.1 Å². The molecule has 1 aromatic carbocycles. The molecule has 0 fully saturated rings. The van der Waals surface area contributed by atoms with Gasteiger partial charge in [0.25, 0.3) is 0 Å². The lowest BCUT2D eigenvalue weighted by atomic mass is 10.1. The maximum Gasteiger partial charge on any atom is 0.317 e. The molecule has 2 amide bonds. The van der Waals surface area contributed by atoms with E-state index in [0.717, 1.165) is 10.0 Å². The number of amides is 2. The molecule has 2 N–H and O–H groups in total. The molecule has 2 atom stereocenters. The highest BCUT2D eigenvalue weighted by molar-refractivity contribution is 9.10. The van der Waals surface area contributed by atoms with Crippen molar-refractivity contribution in [3.63, 3.8) is 0 Å². The van der Waals surface area contributed by atoms with Crippen molar-refractivity contribution >= 4 is 22.0 Å². The fourth-order valence-corrected chi connectivity index (χ4v) is 2.05. The Bertz CT molecular complexity index is 410. The number of nitrogens with one attached hydrogen (secondary N) is 1. The molecule has 0 aromatic heterocycles. The summed E-state index contributed by atoms with van der Waals surface area (Å²) in [6.45, 7) is 3.90. The number of aliphatic hydroxyl groups excluding tert-OH is 1. The maximum absolute atomic E-state index is 11.8. The number of halogens is 1. The summed E-state index contributed by atoms with van der Waals surface area (Å²) >= 11 is 3.40. The van der Waals surface area contributed by atoms with Crippen LogP contribution in [0.4, 0.5) is 4.79 Å². The molecule has 0 bridgehead atoms. The van der Waals surface area contributed by atoms with Crippen molar-refractivity contribution in [1.82, 2.24) is 10.2 Å². The molecule has 5 heteroatoms. The molecule has 0 radical (unpaired) electrons. The van der Waals surface area contributed by atoms with Crippen LogP contribution in [0, 0.1) is 0 Å². The van der Waals surface area contributed by atoms with E-state index in [9.17, 15) is 9.90 Å². The fraction of sp³-hybridized carbons (Fsp3) is 0.462. The van der Waals surface area contributed by atoms with Crippen molar-refractivity contribution in [2.45, 2.75) is 26.0 Å². The summed E-state index contributed by atoms with van der Waals surface area (Å²) in [5.41, 5.74) is 1.03. The van der Waals surface area contributed by atoms with Crippen molar-refractivity contribution in [3.8, 4) is 0 Å². The number of urea groups is 1. The number of benzene rings is 1. The van der Waals surface area contributed by atoms with Crippen molar-refractivity contribution in [2.75, 3.05) is 13.6 Å². The first-order chi connectivity index (χ1) is 8.40. The molecule has 0 aliphatic rings. The van der Waals surface area contributed by atoms with Crippen LogP contribution in [-0.2, 0) is 0 Å². The molecule has 0 aliphatic heterocycles. The zero-order valence-electron chi connectivity index (χ0n) is 10.9. The first-order valence-electron chi connectivity index (χ1n) is 5.85. The van der Waals surface area contributed by atoms with Crippen molar-refractivity contribution in [1.29, 1.82) is 0 Å². The Kier molecular flexibility index (Phi) is 5.62. The number of carbonyl (C=O) groups excluding carboxylic acids is 1. The van der Waals surface area contributed by atoms with Gasteiger partial charge in [-0.15, -0.1) is 0 Å². The van der Waals surface area contributed by atoms with E-state index in [2.05, 4.69) is 21.2 Å². The van der Waals surface area contributed by atoms with Crippen LogP contribution in [0.25, 0.3) is 0 Å². The van der Waals surface area contributed by atoms with Gasteiger partial charge in [-0.25, -0.2) is 4.79 Å². The molecule has 0 spiro atoms. The lowest BCUT2D eigenvalue weighted by molar-refractivity contribution is 0.142. The lowest BCUT2D eigenvalue weighted by Crippen LogP contribution is -2.41. The smallest absolute Gasteiger partial charge is 0.317 e. The minimum absolute atomic E-state index is 0.0774. The average molecular weight is 315 g/mol. The highest BCUT2D eigenvalue weighted by atomic mass is 79.9. The predicted octanol–water partition coefficient (Wildman–Crippen LogP) is 2.53. The van der Waals surface area contributed by atoms with Gasteiger partial charge < -0.3 is 15.3 Å². The Balaban J connectivity index is 2.59. The molecule has 0 saturated carbocycles. The van der Waals surface area contributed by atoms with Crippen LogP contribution in [0.5, 0.6) is 0 Å². The molecular formula is C13H19BrN2O2. The Morgan fingerprint density at radius 3 is 2.72 bits per heavy atom. The summed E-state index contributed by atoms with van der Waals surface area (Å²) in [5, 5.41) is 12.1. The van der Waals surface area contributed by atoms with Crippen LogP contribution in [0.3, 0.4) is 0 Å². The zero-order chi connectivity index (χ0) is 13.7. The van der Waals surface area contributed by atoms with E-state index in [1.807, 2.05) is 31.2 Å². The highest BCUT2D eigenvalue weighted by Crippen LogP contribution is 2.17. The fourth-order valence-electron chi connectivity index (χ4n) is 1.63. The zero-order valence-corrected chi connectivity index (χ0v) is 12.4. The summed E-state index contributed by atoms with van der Waals surface area (Å²) in [6, 6.07) is 7.54. The third-order valence-electron chi connectivity index (χ3n) is 2.57. The molecule has 0 aliphatic carbocycles. The van der Waals surface area contributed by atoms with Crippen LogP contribution < -0.4 is 5.32 Å². The second-order valence-corrected chi connectivity index (χ2v) is 5.37. The van der Waals surface area contributed by atoms with Crippen LogP contribution in [0.2, 0.25) is 0 Å². The van der Waals surface area contributed by atoms with Crippen LogP contribution in [0.15, 0.2) is 28.7 Å². The predicted molar refractivity (Wildman–Crippen MR) is 75.4 cm³/mol. The monoisotopic (exact) mass is 314 g/mol. The number of aliphatic hydroxyl groups is 1. The average Bonchev–Trinajstić information content (AvgIpc) is 2.27. The van der Waals surface area contributed by atoms with E-state index in [0.29, 0.717) is 6.54 Å². The van der Waals surface area contributed by atoms with Gasteiger partial charge in [0.15, 0.2) is 0 Å². The molecule has 0 heterocycles. The minimum atomic E-state index is -0.526. The molecule has 1 rings (SSSR count). The Hall–Kier alpha value is -1.07. The molecule has 0 saturated heterocycles. The molecule has 4 nitrogen and oxygen atoms in total. The number of rotatable bonds is 4. The molecule has 2 unspecified atom stereocenters. The van der Waals surface area contributed by atoms with Gasteiger partial charge in [0.2, 0.25) is 0 Å². The third-order valence-corrected chi connectivity index (χ3v) is 3.07. The van der Waals surface area contributed by atoms with Crippen molar-refractivity contribution in [3.05, 3.63) is 34.3 Å². The van der Waals surface area contributed by atoms with Crippen molar-refractivity contribution < 1.29 is 9.90 Å². The summed E-state index contributed by atoms with van der Waals surface area (Å²) in [4.78, 5) is 13.3. The second kappa shape index (κ2) is 6.75. The summed E-state index contributed by atoms with van der Waals surface area (Å²) < 4.78 is 0.985. The maximum atomic E-state index is 11.8. The lowest BCUT2D eigenvalue weighted by Gasteiger charge is -2.22. The Labute approximate surface area is 116 Å². The summed E-state index contributed by atoms with van der Waals surface area (Å²) in [6.07, 6.45) is -0.526. The molecular weight excluding hydrogens is 296 g/mol. The standard InChI is InChI=1S/C13H19BrN2O2/c1-9(17)8-16(3)13(18)15-10(2)11-5-4-6-12(14)7-11/h4-7,9-10,17H,8H2,1-3H3,(H,15,18). The van der Waals surface area contributed by atoms with E-state index in [4.69, 9.17) is 0 Å². The first kappa shape index (κ1) is 15.0. The van der Waals surface area contributed by atoms with Gasteiger partial charge in [-0.2, -0.15) is 0 Å². The second-order valence-electron chi connectivity index (χ2n) is 4.46. The van der Waals surface area contributed by atoms with Gasteiger partial charge in [-0.05, 0) is 31.5 Å². The number of nitrogens with zero attached hydrogens (tertiary/aromatic N) is 1. The topological polar surface area (TPSA) is 52.6 Å². The Morgan fingerprint density at radius 1 is 1.50 bits per heavy atom. The SMILES string of the molecule is CC(O)CN(C)C(=O)NC(C)c1cccc(Br)c1. The van der Waals surface area contributed by atoms with Gasteiger partial charge in [-0.1, -0.05) is 28.1 Å². The van der Waals surface area contributed by atoms with Gasteiger partial charge in [-0.3, -0.25) is 0 Å². The third kappa shape index (κ3) is 4.66. The van der Waals surface area contributed by atoms with Gasteiger partial charge in [0.1, 0.15) is 0 Å². The molecule has 1 aromatic rings. The summed E-state index contributed by atoms with van der Waals surface area (Å²) in [7, 11) is 1.66. The van der Waals surface area contributed by atoms with Gasteiger partial charge >= 0.3 is 6.03 Å².